The second-order valence-corrected chi connectivity index (χ2v) is 3.81. The molecule has 1 atom stereocenters. The zero-order valence-electron chi connectivity index (χ0n) is 9.49. The Morgan fingerprint density at radius 2 is 2.06 bits per heavy atom. The molecular formula is C9H19F2N3O2. The summed E-state index contributed by atoms with van der Waals surface area (Å²) in [6.45, 7) is 2.64. The first-order chi connectivity index (χ1) is 7.43. The van der Waals surface area contributed by atoms with E-state index in [4.69, 9.17) is 10.9 Å². The molecule has 0 saturated carbocycles. The molecule has 0 rings (SSSR count). The average molecular weight is 239 g/mol. The van der Waals surface area contributed by atoms with Crippen molar-refractivity contribution in [2.75, 3.05) is 19.7 Å². The number of alkyl halides is 2. The molecule has 7 heteroatoms. The van der Waals surface area contributed by atoms with Crippen molar-refractivity contribution in [2.45, 2.75) is 26.3 Å². The highest BCUT2D eigenvalue weighted by Crippen LogP contribution is 2.12. The van der Waals surface area contributed by atoms with Crippen LogP contribution >= 0.6 is 0 Å². The predicted octanol–water partition coefficient (Wildman–Crippen LogP) is -0.440. The van der Waals surface area contributed by atoms with Gasteiger partial charge in [0.25, 0.3) is 12.3 Å². The molecule has 1 amide bonds. The second-order valence-electron chi connectivity index (χ2n) is 3.81. The van der Waals surface area contributed by atoms with E-state index in [9.17, 15) is 13.6 Å². The summed E-state index contributed by atoms with van der Waals surface area (Å²) in [5.41, 5.74) is 1.95. The third kappa shape index (κ3) is 4.82. The van der Waals surface area contributed by atoms with Crippen molar-refractivity contribution < 1.29 is 18.7 Å². The summed E-state index contributed by atoms with van der Waals surface area (Å²) in [6, 6.07) is -0.758. The van der Waals surface area contributed by atoms with Crippen LogP contribution in [0.15, 0.2) is 0 Å². The molecule has 0 aromatic carbocycles. The van der Waals surface area contributed by atoms with Gasteiger partial charge in [0.15, 0.2) is 0 Å². The minimum absolute atomic E-state index is 0.0145. The number of aliphatic hydroxyl groups excluding tert-OH is 1. The Balaban J connectivity index is 4.71. The number of nitrogens with zero attached hydrogens (tertiary/aromatic N) is 1. The summed E-state index contributed by atoms with van der Waals surface area (Å²) < 4.78 is 24.6. The van der Waals surface area contributed by atoms with Crippen LogP contribution in [-0.4, -0.2) is 48.1 Å². The van der Waals surface area contributed by atoms with Gasteiger partial charge in [0.05, 0.1) is 19.2 Å². The van der Waals surface area contributed by atoms with E-state index in [1.54, 1.807) is 13.8 Å². The van der Waals surface area contributed by atoms with Gasteiger partial charge in [0, 0.05) is 6.54 Å². The molecule has 0 aliphatic rings. The van der Waals surface area contributed by atoms with Gasteiger partial charge in [-0.1, -0.05) is 13.8 Å². The molecule has 5 nitrogen and oxygen atoms in total. The van der Waals surface area contributed by atoms with Crippen LogP contribution in [0.25, 0.3) is 0 Å². The summed E-state index contributed by atoms with van der Waals surface area (Å²) >= 11 is 0. The molecule has 0 heterocycles. The van der Waals surface area contributed by atoms with E-state index in [2.05, 4.69) is 0 Å². The monoisotopic (exact) mass is 239 g/mol. The Labute approximate surface area is 93.6 Å². The highest BCUT2D eigenvalue weighted by molar-refractivity contribution is 5.81. The van der Waals surface area contributed by atoms with E-state index < -0.39 is 24.9 Å². The maximum atomic E-state index is 12.3. The molecule has 0 radical (unpaired) electrons. The number of carbonyl (C=O) groups is 1. The van der Waals surface area contributed by atoms with Crippen molar-refractivity contribution in [3.63, 3.8) is 0 Å². The molecule has 0 fully saturated rings. The maximum absolute atomic E-state index is 12.3. The second kappa shape index (κ2) is 7.48. The SMILES string of the molecule is CC(C)C(C(=O)NN)N(CCO)CC(F)F. The van der Waals surface area contributed by atoms with Crippen LogP contribution in [0.4, 0.5) is 8.78 Å². The number of rotatable bonds is 7. The van der Waals surface area contributed by atoms with Crippen molar-refractivity contribution in [3.05, 3.63) is 0 Å². The van der Waals surface area contributed by atoms with Crippen molar-refractivity contribution >= 4 is 5.91 Å². The van der Waals surface area contributed by atoms with Crippen LogP contribution < -0.4 is 11.3 Å². The standard InChI is InChI=1S/C9H19F2N3O2/c1-6(2)8(9(16)13-12)14(3-4-15)5-7(10)11/h6-8,15H,3-5,12H2,1-2H3,(H,13,16). The van der Waals surface area contributed by atoms with Crippen LogP contribution in [0.5, 0.6) is 0 Å². The van der Waals surface area contributed by atoms with Gasteiger partial charge in [-0.2, -0.15) is 0 Å². The van der Waals surface area contributed by atoms with Crippen LogP contribution in [0, 0.1) is 5.92 Å². The van der Waals surface area contributed by atoms with Crippen molar-refractivity contribution in [1.82, 2.24) is 10.3 Å². The minimum atomic E-state index is -2.56. The van der Waals surface area contributed by atoms with Crippen LogP contribution in [0.1, 0.15) is 13.8 Å². The first kappa shape index (κ1) is 15.2. The Morgan fingerprint density at radius 1 is 1.50 bits per heavy atom. The zero-order valence-corrected chi connectivity index (χ0v) is 9.49. The lowest BCUT2D eigenvalue weighted by molar-refractivity contribution is -0.129. The molecule has 0 bridgehead atoms. The van der Waals surface area contributed by atoms with E-state index in [-0.39, 0.29) is 19.1 Å². The van der Waals surface area contributed by atoms with Gasteiger partial charge in [-0.05, 0) is 5.92 Å². The fraction of sp³-hybridized carbons (Fsp3) is 0.889. The third-order valence-corrected chi connectivity index (χ3v) is 2.20. The van der Waals surface area contributed by atoms with Gasteiger partial charge in [-0.25, -0.2) is 14.6 Å². The number of hydrogen-bond acceptors (Lipinski definition) is 4. The molecule has 0 aromatic rings. The number of carbonyl (C=O) groups excluding carboxylic acids is 1. The number of hydrogen-bond donors (Lipinski definition) is 3. The lowest BCUT2D eigenvalue weighted by atomic mass is 10.0. The van der Waals surface area contributed by atoms with Gasteiger partial charge in [0.1, 0.15) is 0 Å². The number of nitrogens with two attached hydrogens (primary N) is 1. The fourth-order valence-electron chi connectivity index (χ4n) is 1.63. The van der Waals surface area contributed by atoms with Gasteiger partial charge in [-0.15, -0.1) is 0 Å². The predicted molar refractivity (Wildman–Crippen MR) is 55.6 cm³/mol. The molecule has 0 saturated heterocycles. The van der Waals surface area contributed by atoms with Crippen LogP contribution in [-0.2, 0) is 4.79 Å². The molecule has 1 unspecified atom stereocenters. The summed E-state index contributed by atoms with van der Waals surface area (Å²) in [4.78, 5) is 12.7. The molecule has 0 aliphatic carbocycles. The van der Waals surface area contributed by atoms with E-state index in [0.717, 1.165) is 0 Å². The van der Waals surface area contributed by atoms with Gasteiger partial charge in [-0.3, -0.25) is 15.1 Å². The Kier molecular flexibility index (Phi) is 7.11. The smallest absolute Gasteiger partial charge is 0.251 e. The third-order valence-electron chi connectivity index (χ3n) is 2.20. The Hall–Kier alpha value is -0.790. The number of aliphatic hydroxyl groups is 1. The van der Waals surface area contributed by atoms with Crippen molar-refractivity contribution in [1.29, 1.82) is 0 Å². The summed E-state index contributed by atoms with van der Waals surface area (Å²) in [5, 5.41) is 8.79. The molecule has 4 N–H and O–H groups in total. The topological polar surface area (TPSA) is 78.6 Å². The molecule has 0 aromatic heterocycles. The first-order valence-electron chi connectivity index (χ1n) is 5.07. The highest BCUT2D eigenvalue weighted by atomic mass is 19.3. The number of halogens is 2. The van der Waals surface area contributed by atoms with E-state index in [1.165, 1.54) is 4.90 Å². The zero-order chi connectivity index (χ0) is 12.7. The highest BCUT2D eigenvalue weighted by Gasteiger charge is 2.29. The van der Waals surface area contributed by atoms with E-state index >= 15 is 0 Å². The van der Waals surface area contributed by atoms with Crippen molar-refractivity contribution in [2.24, 2.45) is 11.8 Å². The Morgan fingerprint density at radius 3 is 2.38 bits per heavy atom. The van der Waals surface area contributed by atoms with Gasteiger partial charge in [0.2, 0.25) is 0 Å². The quantitative estimate of drug-likeness (QED) is 0.320. The fourth-order valence-corrected chi connectivity index (χ4v) is 1.63. The summed E-state index contributed by atoms with van der Waals surface area (Å²) in [6.07, 6.45) is -2.56. The Bertz CT molecular complexity index is 215. The maximum Gasteiger partial charge on any atom is 0.251 e. The van der Waals surface area contributed by atoms with Crippen LogP contribution in [0.2, 0.25) is 0 Å². The molecule has 96 valence electrons. The molecule has 16 heavy (non-hydrogen) atoms. The number of nitrogens with one attached hydrogen (secondary N) is 1. The average Bonchev–Trinajstić information content (AvgIpc) is 2.16. The normalized spacial score (nSPS) is 13.6. The van der Waals surface area contributed by atoms with Gasteiger partial charge < -0.3 is 5.11 Å². The minimum Gasteiger partial charge on any atom is -0.395 e. The lowest BCUT2D eigenvalue weighted by Crippen LogP contribution is -2.53. The molecular weight excluding hydrogens is 220 g/mol. The largest absolute Gasteiger partial charge is 0.395 e. The summed E-state index contributed by atoms with van der Waals surface area (Å²) in [7, 11) is 0. The van der Waals surface area contributed by atoms with Crippen LogP contribution in [0.3, 0.4) is 0 Å². The van der Waals surface area contributed by atoms with E-state index in [1.807, 2.05) is 5.43 Å². The number of hydrazine groups is 1. The van der Waals surface area contributed by atoms with Crippen molar-refractivity contribution in [3.8, 4) is 0 Å². The lowest BCUT2D eigenvalue weighted by Gasteiger charge is -2.31. The van der Waals surface area contributed by atoms with E-state index in [0.29, 0.717) is 0 Å². The molecule has 0 aliphatic heterocycles. The summed E-state index contributed by atoms with van der Waals surface area (Å²) in [5.74, 6) is 4.30. The first-order valence-corrected chi connectivity index (χ1v) is 5.07. The molecule has 0 spiro atoms. The number of amides is 1. The van der Waals surface area contributed by atoms with Gasteiger partial charge >= 0.3 is 0 Å².